The molecule has 2 rings (SSSR count). The molecule has 1 amide bonds. The smallest absolute Gasteiger partial charge is 0.408 e. The number of hydrogen-bond donors (Lipinski definition) is 2. The zero-order chi connectivity index (χ0) is 20.0. The Hall–Kier alpha value is -1.82. The van der Waals surface area contributed by atoms with E-state index in [1.54, 1.807) is 6.20 Å². The number of carbonyl (C=O) groups is 1. The topological polar surface area (TPSA) is 69.2 Å². The molecule has 0 aliphatic rings. The molecule has 0 radical (unpaired) electrons. The molecule has 0 aliphatic carbocycles. The van der Waals surface area contributed by atoms with Gasteiger partial charge in [0.25, 0.3) is 0 Å². The molecule has 0 unspecified atom stereocenters. The highest BCUT2D eigenvalue weighted by atomic mass is 79.9. The molecule has 2 aromatic rings. The Kier molecular flexibility index (Phi) is 7.48. The minimum atomic E-state index is -0.914. The van der Waals surface area contributed by atoms with Crippen molar-refractivity contribution in [1.82, 2.24) is 14.9 Å². The molecule has 0 saturated heterocycles. The van der Waals surface area contributed by atoms with Gasteiger partial charge in [0.05, 0.1) is 17.9 Å². The third kappa shape index (κ3) is 5.83. The number of imidazole rings is 1. The summed E-state index contributed by atoms with van der Waals surface area (Å²) >= 11 is 3.49. The molecular weight excluding hydrogens is 406 g/mol. The average molecular weight is 436 g/mol. The highest BCUT2D eigenvalue weighted by molar-refractivity contribution is 9.10. The second kappa shape index (κ2) is 9.40. The van der Waals surface area contributed by atoms with Gasteiger partial charge in [0.2, 0.25) is 0 Å². The molecule has 27 heavy (non-hydrogen) atoms. The number of hydrogen-bond acceptors (Lipinski definition) is 2. The number of rotatable bonds is 8. The molecule has 6 heteroatoms. The zero-order valence-corrected chi connectivity index (χ0v) is 18.2. The van der Waals surface area contributed by atoms with Crippen molar-refractivity contribution in [2.75, 3.05) is 0 Å². The van der Waals surface area contributed by atoms with Crippen molar-refractivity contribution < 1.29 is 9.90 Å². The van der Waals surface area contributed by atoms with E-state index in [0.717, 1.165) is 47.8 Å². The number of unbranched alkanes of at least 4 members (excludes halogenated alkanes) is 3. The summed E-state index contributed by atoms with van der Waals surface area (Å²) in [6, 6.07) is 7.69. The Morgan fingerprint density at radius 2 is 2.04 bits per heavy atom. The molecule has 0 fully saturated rings. The van der Waals surface area contributed by atoms with Gasteiger partial charge in [-0.2, -0.15) is 0 Å². The summed E-state index contributed by atoms with van der Waals surface area (Å²) in [5.41, 5.74) is 1.40. The molecular formula is C21H30BrN3O2. The predicted octanol–water partition coefficient (Wildman–Crippen LogP) is 6.63. The van der Waals surface area contributed by atoms with E-state index in [1.807, 2.05) is 45.0 Å². The SMILES string of the molecule is CCCCCC[C@H](c1ncc(-c2cccc(Br)c2)[nH]1)N(C(=O)O)C(C)(C)C. The van der Waals surface area contributed by atoms with E-state index >= 15 is 0 Å². The maximum absolute atomic E-state index is 12.0. The number of H-pyrrole nitrogens is 1. The monoisotopic (exact) mass is 435 g/mol. The molecule has 2 N–H and O–H groups in total. The number of nitrogens with one attached hydrogen (secondary N) is 1. The fourth-order valence-corrected chi connectivity index (χ4v) is 3.75. The summed E-state index contributed by atoms with van der Waals surface area (Å²) in [7, 11) is 0. The number of halogens is 1. The van der Waals surface area contributed by atoms with E-state index in [0.29, 0.717) is 5.82 Å². The Morgan fingerprint density at radius 3 is 2.63 bits per heavy atom. The van der Waals surface area contributed by atoms with Crippen LogP contribution >= 0.6 is 15.9 Å². The minimum absolute atomic E-state index is 0.291. The lowest BCUT2D eigenvalue weighted by atomic mass is 9.99. The van der Waals surface area contributed by atoms with E-state index < -0.39 is 11.6 Å². The van der Waals surface area contributed by atoms with Crippen LogP contribution in [-0.4, -0.2) is 31.6 Å². The average Bonchev–Trinajstić information content (AvgIpc) is 3.06. The second-order valence-corrected chi connectivity index (χ2v) is 8.80. The van der Waals surface area contributed by atoms with Crippen LogP contribution in [0.1, 0.15) is 71.7 Å². The van der Waals surface area contributed by atoms with Gasteiger partial charge in [0.1, 0.15) is 5.82 Å². The maximum Gasteiger partial charge on any atom is 0.408 e. The maximum atomic E-state index is 12.0. The first-order chi connectivity index (χ1) is 12.7. The normalized spacial score (nSPS) is 12.8. The lowest BCUT2D eigenvalue weighted by molar-refractivity contribution is 0.0630. The van der Waals surface area contributed by atoms with Crippen LogP contribution in [0.4, 0.5) is 4.79 Å². The number of nitrogens with zero attached hydrogens (tertiary/aromatic N) is 2. The van der Waals surface area contributed by atoms with Gasteiger partial charge in [-0.1, -0.05) is 60.7 Å². The van der Waals surface area contributed by atoms with Crippen LogP contribution in [0, 0.1) is 0 Å². The summed E-state index contributed by atoms with van der Waals surface area (Å²) < 4.78 is 0.995. The standard InChI is InChI=1S/C21H30BrN3O2/c1-5-6-7-8-12-18(25(20(26)27)21(2,3)4)19-23-14-17(24-19)15-10-9-11-16(22)13-15/h9-11,13-14,18H,5-8,12H2,1-4H3,(H,23,24)(H,26,27)/t18-/m1/s1. The van der Waals surface area contributed by atoms with Crippen LogP contribution < -0.4 is 0 Å². The minimum Gasteiger partial charge on any atom is -0.465 e. The number of amides is 1. The van der Waals surface area contributed by atoms with Crippen molar-refractivity contribution in [1.29, 1.82) is 0 Å². The molecule has 1 aromatic heterocycles. The summed E-state index contributed by atoms with van der Waals surface area (Å²) in [5.74, 6) is 0.707. The van der Waals surface area contributed by atoms with Crippen LogP contribution in [0.3, 0.4) is 0 Å². The van der Waals surface area contributed by atoms with Crippen LogP contribution in [0.2, 0.25) is 0 Å². The van der Waals surface area contributed by atoms with E-state index in [4.69, 9.17) is 0 Å². The van der Waals surface area contributed by atoms with Gasteiger partial charge in [0.15, 0.2) is 0 Å². The van der Waals surface area contributed by atoms with E-state index in [9.17, 15) is 9.90 Å². The van der Waals surface area contributed by atoms with Gasteiger partial charge >= 0.3 is 6.09 Å². The third-order valence-corrected chi connectivity index (χ3v) is 5.11. The molecule has 0 spiro atoms. The first-order valence-electron chi connectivity index (χ1n) is 9.57. The van der Waals surface area contributed by atoms with Crippen LogP contribution in [0.25, 0.3) is 11.3 Å². The Bertz CT molecular complexity index is 752. The third-order valence-electron chi connectivity index (χ3n) is 4.62. The lowest BCUT2D eigenvalue weighted by Crippen LogP contribution is -2.47. The Labute approximate surface area is 170 Å². The molecule has 0 bridgehead atoms. The fourth-order valence-electron chi connectivity index (χ4n) is 3.35. The summed E-state index contributed by atoms with van der Waals surface area (Å²) in [6.07, 6.45) is 6.03. The Morgan fingerprint density at radius 1 is 1.30 bits per heavy atom. The van der Waals surface area contributed by atoms with Crippen molar-refractivity contribution in [3.05, 3.63) is 40.8 Å². The van der Waals surface area contributed by atoms with Crippen molar-refractivity contribution in [3.8, 4) is 11.3 Å². The van der Waals surface area contributed by atoms with Gasteiger partial charge in [-0.15, -0.1) is 0 Å². The summed E-state index contributed by atoms with van der Waals surface area (Å²) in [4.78, 5) is 21.5. The van der Waals surface area contributed by atoms with Crippen molar-refractivity contribution in [3.63, 3.8) is 0 Å². The van der Waals surface area contributed by atoms with E-state index in [1.165, 1.54) is 4.90 Å². The first kappa shape index (κ1) is 21.5. The van der Waals surface area contributed by atoms with Crippen LogP contribution in [0.15, 0.2) is 34.9 Å². The molecule has 1 atom stereocenters. The van der Waals surface area contributed by atoms with Crippen LogP contribution in [0.5, 0.6) is 0 Å². The molecule has 1 heterocycles. The number of carboxylic acid groups (broad SMARTS) is 1. The molecule has 0 saturated carbocycles. The van der Waals surface area contributed by atoms with Gasteiger partial charge in [-0.05, 0) is 39.3 Å². The van der Waals surface area contributed by atoms with Crippen molar-refractivity contribution in [2.24, 2.45) is 0 Å². The van der Waals surface area contributed by atoms with Crippen molar-refractivity contribution in [2.45, 2.75) is 71.4 Å². The van der Waals surface area contributed by atoms with E-state index in [2.05, 4.69) is 32.8 Å². The predicted molar refractivity (Wildman–Crippen MR) is 113 cm³/mol. The van der Waals surface area contributed by atoms with E-state index in [-0.39, 0.29) is 6.04 Å². The largest absolute Gasteiger partial charge is 0.465 e. The molecule has 148 valence electrons. The van der Waals surface area contributed by atoms with Gasteiger partial charge < -0.3 is 10.1 Å². The Balaban J connectivity index is 2.33. The lowest BCUT2D eigenvalue weighted by Gasteiger charge is -2.39. The van der Waals surface area contributed by atoms with Gasteiger partial charge in [-0.25, -0.2) is 9.78 Å². The molecule has 1 aromatic carbocycles. The zero-order valence-electron chi connectivity index (χ0n) is 16.6. The fraction of sp³-hybridized carbons (Fsp3) is 0.524. The summed E-state index contributed by atoms with van der Waals surface area (Å²) in [5, 5.41) is 9.88. The van der Waals surface area contributed by atoms with Gasteiger partial charge in [-0.3, -0.25) is 4.90 Å². The first-order valence-corrected chi connectivity index (χ1v) is 10.4. The number of benzene rings is 1. The molecule has 5 nitrogen and oxygen atoms in total. The highest BCUT2D eigenvalue weighted by Gasteiger charge is 2.35. The van der Waals surface area contributed by atoms with Crippen LogP contribution in [-0.2, 0) is 0 Å². The van der Waals surface area contributed by atoms with Crippen molar-refractivity contribution >= 4 is 22.0 Å². The molecule has 0 aliphatic heterocycles. The highest BCUT2D eigenvalue weighted by Crippen LogP contribution is 2.33. The summed E-state index contributed by atoms with van der Waals surface area (Å²) in [6.45, 7) is 7.96. The second-order valence-electron chi connectivity index (χ2n) is 7.88. The number of aromatic amines is 1. The van der Waals surface area contributed by atoms with Gasteiger partial charge in [0, 0.05) is 15.6 Å². The number of aromatic nitrogens is 2. The quantitative estimate of drug-likeness (QED) is 0.457.